The van der Waals surface area contributed by atoms with Gasteiger partial charge in [0.1, 0.15) is 5.75 Å². The molecule has 0 spiro atoms. The predicted octanol–water partition coefficient (Wildman–Crippen LogP) is 3.94. The summed E-state index contributed by atoms with van der Waals surface area (Å²) in [5.41, 5.74) is 2.88. The van der Waals surface area contributed by atoms with Crippen LogP contribution in [0.2, 0.25) is 0 Å². The molecule has 3 aromatic rings. The van der Waals surface area contributed by atoms with Crippen LogP contribution in [0.1, 0.15) is 37.6 Å². The van der Waals surface area contributed by atoms with Crippen LogP contribution < -0.4 is 10.0 Å². The number of anilines is 1. The van der Waals surface area contributed by atoms with E-state index in [9.17, 15) is 18.6 Å². The van der Waals surface area contributed by atoms with Crippen molar-refractivity contribution in [2.75, 3.05) is 5.32 Å². The van der Waals surface area contributed by atoms with Gasteiger partial charge in [-0.25, -0.2) is 13.1 Å². The van der Waals surface area contributed by atoms with Crippen molar-refractivity contribution >= 4 is 15.7 Å². The SMILES string of the molecule is Cc1ncc(CO)c(CNc2ccccc2-c2ccccc2S(=O)(=O)NC(C)(C)C)c1O. The highest BCUT2D eigenvalue weighted by Crippen LogP contribution is 2.34. The number of hydrogen-bond acceptors (Lipinski definition) is 6. The normalized spacial score (nSPS) is 12.0. The van der Waals surface area contributed by atoms with Gasteiger partial charge < -0.3 is 15.5 Å². The van der Waals surface area contributed by atoms with E-state index < -0.39 is 15.6 Å². The minimum atomic E-state index is -3.76. The molecule has 0 bridgehead atoms. The van der Waals surface area contributed by atoms with E-state index in [2.05, 4.69) is 15.0 Å². The molecule has 0 radical (unpaired) electrons. The molecular formula is C24H29N3O4S. The lowest BCUT2D eigenvalue weighted by Crippen LogP contribution is -2.40. The highest BCUT2D eigenvalue weighted by molar-refractivity contribution is 7.89. The first-order valence-electron chi connectivity index (χ1n) is 10.3. The van der Waals surface area contributed by atoms with Crippen molar-refractivity contribution in [3.05, 3.63) is 71.5 Å². The standard InChI is InChI=1S/C24H29N3O4S/c1-16-23(29)20(17(15-28)13-25-16)14-26-21-11-7-5-9-18(21)19-10-6-8-12-22(19)32(30,31)27-24(2,3)4/h5-13,26-29H,14-15H2,1-4H3. The molecule has 0 saturated carbocycles. The Kier molecular flexibility index (Phi) is 6.88. The number of rotatable bonds is 7. The van der Waals surface area contributed by atoms with Gasteiger partial charge in [-0.2, -0.15) is 0 Å². The average molecular weight is 456 g/mol. The molecule has 0 unspecified atom stereocenters. The molecule has 0 saturated heterocycles. The highest BCUT2D eigenvalue weighted by Gasteiger charge is 2.25. The molecule has 7 nitrogen and oxygen atoms in total. The molecule has 2 aromatic carbocycles. The summed E-state index contributed by atoms with van der Waals surface area (Å²) in [6.07, 6.45) is 1.54. The number of para-hydroxylation sites is 1. The van der Waals surface area contributed by atoms with Crippen LogP contribution in [-0.4, -0.2) is 29.2 Å². The van der Waals surface area contributed by atoms with Gasteiger partial charge in [0.25, 0.3) is 0 Å². The summed E-state index contributed by atoms with van der Waals surface area (Å²) < 4.78 is 28.9. The molecule has 0 aliphatic rings. The minimum Gasteiger partial charge on any atom is -0.506 e. The number of nitrogens with one attached hydrogen (secondary N) is 2. The monoisotopic (exact) mass is 455 g/mol. The first-order chi connectivity index (χ1) is 15.0. The van der Waals surface area contributed by atoms with Crippen LogP contribution in [0.25, 0.3) is 11.1 Å². The van der Waals surface area contributed by atoms with E-state index in [0.29, 0.717) is 33.6 Å². The molecule has 0 fully saturated rings. The molecule has 8 heteroatoms. The number of sulfonamides is 1. The molecule has 4 N–H and O–H groups in total. The first-order valence-corrected chi connectivity index (χ1v) is 11.8. The number of aryl methyl sites for hydroxylation is 1. The van der Waals surface area contributed by atoms with Crippen molar-refractivity contribution in [3.8, 4) is 16.9 Å². The smallest absolute Gasteiger partial charge is 0.241 e. The molecule has 0 aliphatic carbocycles. The van der Waals surface area contributed by atoms with E-state index in [1.54, 1.807) is 52.0 Å². The van der Waals surface area contributed by atoms with Crippen LogP contribution in [0, 0.1) is 6.92 Å². The summed E-state index contributed by atoms with van der Waals surface area (Å²) in [6.45, 7) is 7.06. The Bertz CT molecular complexity index is 1220. The number of pyridine rings is 1. The number of aromatic hydroxyl groups is 1. The molecule has 0 aliphatic heterocycles. The summed E-state index contributed by atoms with van der Waals surface area (Å²) in [5, 5.41) is 23.3. The van der Waals surface area contributed by atoms with Crippen LogP contribution in [0.15, 0.2) is 59.6 Å². The third-order valence-corrected chi connectivity index (χ3v) is 6.71. The van der Waals surface area contributed by atoms with E-state index in [0.717, 1.165) is 0 Å². The zero-order valence-electron chi connectivity index (χ0n) is 18.7. The predicted molar refractivity (Wildman–Crippen MR) is 126 cm³/mol. The topological polar surface area (TPSA) is 112 Å². The Balaban J connectivity index is 2.02. The third-order valence-electron chi connectivity index (χ3n) is 4.89. The van der Waals surface area contributed by atoms with Crippen molar-refractivity contribution in [1.29, 1.82) is 0 Å². The second-order valence-electron chi connectivity index (χ2n) is 8.60. The number of hydrogen-bond donors (Lipinski definition) is 4. The number of aliphatic hydroxyl groups excluding tert-OH is 1. The van der Waals surface area contributed by atoms with Crippen LogP contribution in [0.4, 0.5) is 5.69 Å². The van der Waals surface area contributed by atoms with Crippen LogP contribution in [-0.2, 0) is 23.2 Å². The van der Waals surface area contributed by atoms with Crippen molar-refractivity contribution in [2.24, 2.45) is 0 Å². The Morgan fingerprint density at radius 2 is 1.62 bits per heavy atom. The first kappa shape index (κ1) is 23.7. The van der Waals surface area contributed by atoms with Crippen molar-refractivity contribution in [1.82, 2.24) is 9.71 Å². The summed E-state index contributed by atoms with van der Waals surface area (Å²) >= 11 is 0. The largest absolute Gasteiger partial charge is 0.506 e. The fraction of sp³-hybridized carbons (Fsp3) is 0.292. The zero-order chi connectivity index (χ0) is 23.5. The zero-order valence-corrected chi connectivity index (χ0v) is 19.5. The molecule has 1 heterocycles. The lowest BCUT2D eigenvalue weighted by Gasteiger charge is -2.22. The van der Waals surface area contributed by atoms with Crippen molar-refractivity contribution < 1.29 is 18.6 Å². The second-order valence-corrected chi connectivity index (χ2v) is 10.3. The van der Waals surface area contributed by atoms with E-state index >= 15 is 0 Å². The van der Waals surface area contributed by atoms with Gasteiger partial charge in [0.2, 0.25) is 10.0 Å². The maximum absolute atomic E-state index is 13.1. The number of nitrogens with zero attached hydrogens (tertiary/aromatic N) is 1. The van der Waals surface area contributed by atoms with Gasteiger partial charge in [-0.15, -0.1) is 0 Å². The Morgan fingerprint density at radius 3 is 2.28 bits per heavy atom. The van der Waals surface area contributed by atoms with Crippen LogP contribution in [0.5, 0.6) is 5.75 Å². The van der Waals surface area contributed by atoms with Crippen molar-refractivity contribution in [3.63, 3.8) is 0 Å². The van der Waals surface area contributed by atoms with Gasteiger partial charge in [0.05, 0.1) is 17.2 Å². The molecule has 3 rings (SSSR count). The van der Waals surface area contributed by atoms with E-state index in [4.69, 9.17) is 0 Å². The van der Waals surface area contributed by atoms with Crippen molar-refractivity contribution in [2.45, 2.75) is 51.3 Å². The summed E-state index contributed by atoms with van der Waals surface area (Å²) in [7, 11) is -3.76. The van der Waals surface area contributed by atoms with Gasteiger partial charge >= 0.3 is 0 Å². The number of aliphatic hydroxyl groups is 1. The molecule has 1 aromatic heterocycles. The summed E-state index contributed by atoms with van der Waals surface area (Å²) in [4.78, 5) is 4.27. The minimum absolute atomic E-state index is 0.0267. The maximum atomic E-state index is 13.1. The summed E-state index contributed by atoms with van der Waals surface area (Å²) in [6, 6.07) is 14.2. The third kappa shape index (κ3) is 5.27. The lowest BCUT2D eigenvalue weighted by molar-refractivity contribution is 0.279. The lowest BCUT2D eigenvalue weighted by atomic mass is 10.0. The van der Waals surface area contributed by atoms with E-state index in [1.165, 1.54) is 6.20 Å². The highest BCUT2D eigenvalue weighted by atomic mass is 32.2. The van der Waals surface area contributed by atoms with Gasteiger partial charge in [0, 0.05) is 46.2 Å². The fourth-order valence-corrected chi connectivity index (χ4v) is 5.10. The van der Waals surface area contributed by atoms with Gasteiger partial charge in [-0.3, -0.25) is 4.98 Å². The average Bonchev–Trinajstić information content (AvgIpc) is 2.73. The molecular weight excluding hydrogens is 426 g/mol. The maximum Gasteiger partial charge on any atom is 0.241 e. The van der Waals surface area contributed by atoms with Gasteiger partial charge in [-0.1, -0.05) is 36.4 Å². The fourth-order valence-electron chi connectivity index (χ4n) is 3.46. The molecule has 32 heavy (non-hydrogen) atoms. The van der Waals surface area contributed by atoms with Crippen LogP contribution >= 0.6 is 0 Å². The quantitative estimate of drug-likeness (QED) is 0.429. The Labute approximate surface area is 189 Å². The van der Waals surface area contributed by atoms with Gasteiger partial charge in [0.15, 0.2) is 0 Å². The number of aromatic nitrogens is 1. The summed E-state index contributed by atoms with van der Waals surface area (Å²) in [5.74, 6) is 0.0267. The Hall–Kier alpha value is -2.94. The van der Waals surface area contributed by atoms with Crippen LogP contribution in [0.3, 0.4) is 0 Å². The Morgan fingerprint density at radius 1 is 1.00 bits per heavy atom. The molecule has 170 valence electrons. The van der Waals surface area contributed by atoms with Gasteiger partial charge in [-0.05, 0) is 39.8 Å². The van der Waals surface area contributed by atoms with E-state index in [-0.39, 0.29) is 23.8 Å². The second kappa shape index (κ2) is 9.28. The molecule has 0 atom stereocenters. The molecule has 0 amide bonds. The number of benzene rings is 2. The van der Waals surface area contributed by atoms with E-state index in [1.807, 2.05) is 24.3 Å².